The summed E-state index contributed by atoms with van der Waals surface area (Å²) in [6, 6.07) is 176. The van der Waals surface area contributed by atoms with Gasteiger partial charge in [-0.05, 0) is 234 Å². The Hall–Kier alpha value is -19.1. The molecule has 0 bridgehead atoms. The molecule has 31 aromatic rings. The first-order valence-corrected chi connectivity index (χ1v) is 49.3. The van der Waals surface area contributed by atoms with Gasteiger partial charge in [0.15, 0.2) is 0 Å². The third-order valence-corrected chi connectivity index (χ3v) is 30.1. The summed E-state index contributed by atoms with van der Waals surface area (Å²) in [7, 11) is 0. The molecular formula is C138H82N6. The second-order valence-corrected chi connectivity index (χ2v) is 37.9. The van der Waals surface area contributed by atoms with Crippen LogP contribution in [0.4, 0.5) is 0 Å². The zero-order valence-electron chi connectivity index (χ0n) is 78.0. The highest BCUT2D eigenvalue weighted by molar-refractivity contribution is 6.33. The van der Waals surface area contributed by atoms with Gasteiger partial charge in [-0.15, -0.1) is 0 Å². The number of fused-ring (bicyclic) bond motifs is 33. The quantitative estimate of drug-likeness (QED) is 0.117. The first-order valence-electron chi connectivity index (χ1n) is 49.3. The lowest BCUT2D eigenvalue weighted by Gasteiger charge is -2.20. The molecular weight excluding hydrogens is 1740 g/mol. The zero-order chi connectivity index (χ0) is 94.6. The monoisotopic (exact) mass is 1820 g/mol. The van der Waals surface area contributed by atoms with Gasteiger partial charge >= 0.3 is 0 Å². The highest BCUT2D eigenvalue weighted by Gasteiger charge is 2.26. The van der Waals surface area contributed by atoms with E-state index in [9.17, 15) is 0 Å². The predicted octanol–water partition coefficient (Wildman–Crippen LogP) is 37.3. The average Bonchev–Trinajstić information content (AvgIpc) is 0.707. The van der Waals surface area contributed by atoms with Crippen LogP contribution in [-0.2, 0) is 0 Å². The molecule has 6 aromatic heterocycles. The minimum absolute atomic E-state index is 0.924. The summed E-state index contributed by atoms with van der Waals surface area (Å²) in [5.41, 5.74) is 25.1. The van der Waals surface area contributed by atoms with Crippen LogP contribution in [0.25, 0.3) is 305 Å². The van der Waals surface area contributed by atoms with E-state index in [1.54, 1.807) is 0 Å². The molecule has 0 amide bonds. The highest BCUT2D eigenvalue weighted by Crippen LogP contribution is 2.52. The lowest BCUT2D eigenvalue weighted by Crippen LogP contribution is -1.95. The largest absolute Gasteiger partial charge is 0.254 e. The van der Waals surface area contributed by atoms with Crippen LogP contribution in [0.5, 0.6) is 0 Å². The fraction of sp³-hybridized carbons (Fsp3) is 0. The Morgan fingerprint density at radius 3 is 0.854 bits per heavy atom. The molecule has 31 rings (SSSR count). The van der Waals surface area contributed by atoms with E-state index in [4.69, 9.17) is 29.9 Å². The Morgan fingerprint density at radius 1 is 0.118 bits per heavy atom. The molecule has 0 radical (unpaired) electrons. The molecule has 6 heteroatoms. The zero-order valence-corrected chi connectivity index (χ0v) is 78.0. The fourth-order valence-electron chi connectivity index (χ4n) is 23.7. The molecule has 0 spiro atoms. The predicted molar refractivity (Wildman–Crippen MR) is 612 cm³/mol. The molecule has 6 nitrogen and oxygen atoms in total. The Labute approximate surface area is 827 Å². The molecule has 0 N–H and O–H groups in total. The molecule has 664 valence electrons. The molecule has 0 fully saturated rings. The average molecular weight is 1820 g/mol. The van der Waals surface area contributed by atoms with Crippen molar-refractivity contribution in [2.75, 3.05) is 0 Å². The van der Waals surface area contributed by atoms with Crippen molar-refractivity contribution in [2.24, 2.45) is 0 Å². The van der Waals surface area contributed by atoms with E-state index >= 15 is 0 Å². The topological polar surface area (TPSA) is 77.3 Å². The van der Waals surface area contributed by atoms with Crippen LogP contribution in [0.3, 0.4) is 0 Å². The van der Waals surface area contributed by atoms with Crippen LogP contribution in [0.2, 0.25) is 0 Å². The standard InChI is InChI=1S/C48H28N2.C46H28N2.C44H26N2/c1-2-15-33-31(13-1)32-14-3-4-16-34(32)42-28-30(24-25-35(33)42)44-36-17-5-7-19-38(36)45(39-20-8-6-18-37(39)44)46-40-21-9-10-22-43(40)50-48-41(46)26-23-29-12-11-27-49-47(29)48;1-2-10-30(11-3-1)42-27-24-32-22-26-40-44(39-16-8-9-17-43(39)48-46(40)45(32)47-42)31-20-18-29(19-21-31)33-23-25-38-36-14-5-4-12-34(36)35-13-6-7-15-37(35)41(38)28-33;1-5-15-34-30(11-1)29(28-20-21-36-33-14-3-2-12-31(33)32-13-4-6-16-35(32)40(36)26-28)23-24-37(34)42-38-17-7-8-18-41(38)46-44-39(42)22-19-27-10-9-25-45-43(27)44/h1-28H;1-28H;1-26H. The van der Waals surface area contributed by atoms with Gasteiger partial charge in [0.25, 0.3) is 0 Å². The summed E-state index contributed by atoms with van der Waals surface area (Å²) in [6.45, 7) is 0. The second-order valence-electron chi connectivity index (χ2n) is 37.9. The highest BCUT2D eigenvalue weighted by atomic mass is 14.8. The van der Waals surface area contributed by atoms with Gasteiger partial charge in [-0.2, -0.15) is 0 Å². The van der Waals surface area contributed by atoms with Crippen molar-refractivity contribution in [2.45, 2.75) is 0 Å². The van der Waals surface area contributed by atoms with E-state index in [0.29, 0.717) is 0 Å². The molecule has 6 heterocycles. The molecule has 0 aliphatic heterocycles. The van der Waals surface area contributed by atoms with Crippen LogP contribution < -0.4 is 0 Å². The van der Waals surface area contributed by atoms with E-state index in [0.717, 1.165) is 115 Å². The normalized spacial score (nSPS) is 11.9. The first kappa shape index (κ1) is 82.0. The van der Waals surface area contributed by atoms with E-state index in [-0.39, 0.29) is 0 Å². The molecule has 144 heavy (non-hydrogen) atoms. The van der Waals surface area contributed by atoms with E-state index in [1.165, 1.54) is 190 Å². The first-order chi connectivity index (χ1) is 71.5. The van der Waals surface area contributed by atoms with Crippen molar-refractivity contribution in [1.82, 2.24) is 29.9 Å². The Morgan fingerprint density at radius 2 is 0.396 bits per heavy atom. The maximum absolute atomic E-state index is 5.23. The minimum Gasteiger partial charge on any atom is -0.254 e. The number of aromatic nitrogens is 6. The molecule has 0 atom stereocenters. The summed E-state index contributed by atoms with van der Waals surface area (Å²) >= 11 is 0. The Balaban J connectivity index is 0.000000103. The van der Waals surface area contributed by atoms with E-state index in [2.05, 4.69) is 467 Å². The van der Waals surface area contributed by atoms with Gasteiger partial charge in [-0.1, -0.05) is 431 Å². The van der Waals surface area contributed by atoms with E-state index in [1.807, 2.05) is 30.6 Å². The van der Waals surface area contributed by atoms with E-state index < -0.39 is 0 Å². The summed E-state index contributed by atoms with van der Waals surface area (Å²) in [5.74, 6) is 0. The van der Waals surface area contributed by atoms with Crippen LogP contribution in [-0.4, -0.2) is 29.9 Å². The van der Waals surface area contributed by atoms with Crippen molar-refractivity contribution in [3.05, 3.63) is 498 Å². The smallest absolute Gasteiger partial charge is 0.0978 e. The maximum atomic E-state index is 5.23. The van der Waals surface area contributed by atoms with Gasteiger partial charge in [-0.3, -0.25) is 9.97 Å². The lowest BCUT2D eigenvalue weighted by molar-refractivity contribution is 1.39. The number of hydrogen-bond donors (Lipinski definition) is 0. The number of para-hydroxylation sites is 3. The van der Waals surface area contributed by atoms with Crippen molar-refractivity contribution in [3.8, 4) is 78.0 Å². The molecule has 0 aliphatic rings. The lowest BCUT2D eigenvalue weighted by atomic mass is 9.83. The number of pyridine rings is 6. The Kier molecular flexibility index (Phi) is 19.0. The summed E-state index contributed by atoms with van der Waals surface area (Å²) < 4.78 is 0. The van der Waals surface area contributed by atoms with Gasteiger partial charge in [0.2, 0.25) is 0 Å². The van der Waals surface area contributed by atoms with Crippen LogP contribution in [0.1, 0.15) is 0 Å². The van der Waals surface area contributed by atoms with Crippen molar-refractivity contribution in [3.63, 3.8) is 0 Å². The van der Waals surface area contributed by atoms with Gasteiger partial charge < -0.3 is 0 Å². The number of hydrogen-bond acceptors (Lipinski definition) is 6. The van der Waals surface area contributed by atoms with Gasteiger partial charge in [0, 0.05) is 83.1 Å². The minimum atomic E-state index is 0.924. The molecule has 0 saturated heterocycles. The summed E-state index contributed by atoms with van der Waals surface area (Å²) in [5, 5.41) is 40.6. The number of nitrogens with zero attached hydrogens (tertiary/aromatic N) is 6. The van der Waals surface area contributed by atoms with Crippen LogP contribution >= 0.6 is 0 Å². The van der Waals surface area contributed by atoms with Gasteiger partial charge in [0.1, 0.15) is 0 Å². The molecule has 0 aliphatic carbocycles. The fourth-order valence-corrected chi connectivity index (χ4v) is 23.7. The number of benzene rings is 25. The third kappa shape index (κ3) is 13.1. The van der Waals surface area contributed by atoms with Crippen LogP contribution in [0, 0.1) is 0 Å². The molecule has 0 saturated carbocycles. The van der Waals surface area contributed by atoms with Crippen molar-refractivity contribution in [1.29, 1.82) is 0 Å². The summed E-state index contributed by atoms with van der Waals surface area (Å²) in [6.07, 6.45) is 3.73. The summed E-state index contributed by atoms with van der Waals surface area (Å²) in [4.78, 5) is 30.4. The third-order valence-electron chi connectivity index (χ3n) is 30.1. The van der Waals surface area contributed by atoms with Crippen molar-refractivity contribution < 1.29 is 0 Å². The van der Waals surface area contributed by atoms with Crippen LogP contribution in [0.15, 0.2) is 498 Å². The van der Waals surface area contributed by atoms with Gasteiger partial charge in [0.05, 0.1) is 55.3 Å². The molecule has 0 unspecified atom stereocenters. The Bertz CT molecular complexity index is 10700. The maximum Gasteiger partial charge on any atom is 0.0978 e. The van der Waals surface area contributed by atoms with Gasteiger partial charge in [-0.25, -0.2) is 19.9 Å². The molecule has 25 aromatic carbocycles. The second kappa shape index (κ2) is 33.3. The number of rotatable bonds is 7. The van der Waals surface area contributed by atoms with Crippen molar-refractivity contribution >= 4 is 227 Å². The SMILES string of the molecule is c1ccc(-c2ccc3ccc4c(-c5ccc(-c6ccc7c8ccccc8c8ccccc8c7c6)cc5)c5ccccc5nc4c3n2)cc1.c1cnc2c(c1)ccc1c(-c3c4ccccc4c(-c4ccc5c6ccccc6c6ccccc6c5c4)c4ccccc34)c3ccccc3nc12.c1cnc2c(c1)ccc1c(-c3ccc(-c4ccc5c6ccccc6c6ccccc6c5c4)c4ccccc34)c3ccccc3nc12.